The van der Waals surface area contributed by atoms with E-state index in [0.717, 1.165) is 32.4 Å². The van der Waals surface area contributed by atoms with Gasteiger partial charge < -0.3 is 16.0 Å². The molecular formula is C10H19N3O2. The molecule has 1 saturated heterocycles. The van der Waals surface area contributed by atoms with Gasteiger partial charge in [-0.05, 0) is 19.3 Å². The summed E-state index contributed by atoms with van der Waals surface area (Å²) < 4.78 is 0. The Kier molecular flexibility index (Phi) is 4.55. The molecule has 2 amide bonds. The number of nitrogens with two attached hydrogens (primary N) is 1. The van der Waals surface area contributed by atoms with Crippen molar-refractivity contribution in [3.05, 3.63) is 0 Å². The molecule has 5 heteroatoms. The molecule has 1 fully saturated rings. The second-order valence-corrected chi connectivity index (χ2v) is 3.91. The Bertz CT molecular complexity index is 243. The van der Waals surface area contributed by atoms with Crippen LogP contribution >= 0.6 is 0 Å². The minimum Gasteiger partial charge on any atom is -0.352 e. The Balaban J connectivity index is 2.39. The van der Waals surface area contributed by atoms with Crippen LogP contribution in [-0.2, 0) is 9.59 Å². The smallest absolute Gasteiger partial charge is 0.233 e. The highest BCUT2D eigenvalue weighted by Crippen LogP contribution is 2.10. The Labute approximate surface area is 90.0 Å². The fraction of sp³-hybridized carbons (Fsp3) is 0.800. The quantitative estimate of drug-likeness (QED) is 0.647. The molecule has 15 heavy (non-hydrogen) atoms. The Morgan fingerprint density at radius 3 is 2.73 bits per heavy atom. The summed E-state index contributed by atoms with van der Waals surface area (Å²) in [4.78, 5) is 24.1. The second kappa shape index (κ2) is 5.70. The molecule has 0 aromatic rings. The van der Waals surface area contributed by atoms with Gasteiger partial charge in [0.2, 0.25) is 11.8 Å². The molecule has 1 heterocycles. The van der Waals surface area contributed by atoms with E-state index in [4.69, 9.17) is 5.73 Å². The topological polar surface area (TPSA) is 75.4 Å². The van der Waals surface area contributed by atoms with Gasteiger partial charge in [0.05, 0.1) is 6.54 Å². The predicted molar refractivity (Wildman–Crippen MR) is 57.1 cm³/mol. The van der Waals surface area contributed by atoms with Crippen LogP contribution < -0.4 is 11.1 Å². The number of hydrogen-bond acceptors (Lipinski definition) is 3. The van der Waals surface area contributed by atoms with Crippen LogP contribution in [0.25, 0.3) is 0 Å². The van der Waals surface area contributed by atoms with Gasteiger partial charge in [-0.1, -0.05) is 0 Å². The molecule has 0 spiro atoms. The summed E-state index contributed by atoms with van der Waals surface area (Å²) in [6.45, 7) is 3.14. The number of carbonyl (C=O) groups excluding carboxylic acids is 2. The lowest BCUT2D eigenvalue weighted by Gasteiger charge is -2.18. The van der Waals surface area contributed by atoms with E-state index in [9.17, 15) is 9.59 Å². The van der Waals surface area contributed by atoms with Crippen LogP contribution in [0.2, 0.25) is 0 Å². The first-order valence-electron chi connectivity index (χ1n) is 5.38. The van der Waals surface area contributed by atoms with Crippen molar-refractivity contribution in [1.29, 1.82) is 0 Å². The molecule has 0 saturated carbocycles. The third-order valence-corrected chi connectivity index (χ3v) is 2.72. The van der Waals surface area contributed by atoms with E-state index in [-0.39, 0.29) is 24.4 Å². The zero-order chi connectivity index (χ0) is 11.3. The molecule has 0 aliphatic carbocycles. The summed E-state index contributed by atoms with van der Waals surface area (Å²) in [6, 6.07) is 0.172. The first-order valence-corrected chi connectivity index (χ1v) is 5.38. The van der Waals surface area contributed by atoms with Crippen molar-refractivity contribution in [1.82, 2.24) is 10.2 Å². The Morgan fingerprint density at radius 1 is 1.40 bits per heavy atom. The average Bonchev–Trinajstić information content (AvgIpc) is 2.43. The summed E-state index contributed by atoms with van der Waals surface area (Å²) in [5, 5.41) is 2.87. The van der Waals surface area contributed by atoms with E-state index in [1.807, 2.05) is 4.90 Å². The molecule has 0 radical (unpaired) electrons. The van der Waals surface area contributed by atoms with Crippen LogP contribution in [0.3, 0.4) is 0 Å². The van der Waals surface area contributed by atoms with Crippen LogP contribution in [0.4, 0.5) is 0 Å². The van der Waals surface area contributed by atoms with E-state index >= 15 is 0 Å². The largest absolute Gasteiger partial charge is 0.352 e. The van der Waals surface area contributed by atoms with E-state index in [2.05, 4.69) is 5.32 Å². The molecule has 1 aliphatic heterocycles. The molecule has 0 bridgehead atoms. The Morgan fingerprint density at radius 2 is 2.13 bits per heavy atom. The molecule has 5 nitrogen and oxygen atoms in total. The predicted octanol–water partition coefficient (Wildman–Crippen LogP) is -0.538. The van der Waals surface area contributed by atoms with Crippen molar-refractivity contribution >= 4 is 11.8 Å². The lowest BCUT2D eigenvalue weighted by atomic mass is 10.1. The van der Waals surface area contributed by atoms with Crippen LogP contribution in [0.15, 0.2) is 0 Å². The number of hydrogen-bond donors (Lipinski definition) is 2. The van der Waals surface area contributed by atoms with Gasteiger partial charge in [-0.3, -0.25) is 9.59 Å². The Hall–Kier alpha value is -1.10. The third-order valence-electron chi connectivity index (χ3n) is 2.72. The first kappa shape index (κ1) is 12.0. The van der Waals surface area contributed by atoms with E-state index in [1.54, 1.807) is 6.92 Å². The molecule has 86 valence electrons. The molecular weight excluding hydrogens is 194 g/mol. The fourth-order valence-electron chi connectivity index (χ4n) is 1.84. The van der Waals surface area contributed by atoms with Gasteiger partial charge in [-0.2, -0.15) is 0 Å². The van der Waals surface area contributed by atoms with Crippen molar-refractivity contribution < 1.29 is 9.59 Å². The van der Waals surface area contributed by atoms with Crippen LogP contribution in [-0.4, -0.2) is 42.4 Å². The van der Waals surface area contributed by atoms with Gasteiger partial charge in [-0.15, -0.1) is 0 Å². The molecule has 1 rings (SSSR count). The van der Waals surface area contributed by atoms with Crippen LogP contribution in [0.5, 0.6) is 0 Å². The van der Waals surface area contributed by atoms with Crippen molar-refractivity contribution in [2.45, 2.75) is 32.2 Å². The highest BCUT2D eigenvalue weighted by Gasteiger charge is 2.19. The average molecular weight is 213 g/mol. The lowest BCUT2D eigenvalue weighted by Crippen LogP contribution is -2.39. The van der Waals surface area contributed by atoms with Gasteiger partial charge in [0.15, 0.2) is 0 Å². The van der Waals surface area contributed by atoms with Crippen molar-refractivity contribution in [3.63, 3.8) is 0 Å². The second-order valence-electron chi connectivity index (χ2n) is 3.91. The highest BCUT2D eigenvalue weighted by molar-refractivity contribution is 5.78. The summed E-state index contributed by atoms with van der Waals surface area (Å²) in [6.07, 6.45) is 2.69. The minimum atomic E-state index is -0.115. The lowest BCUT2D eigenvalue weighted by molar-refractivity contribution is -0.128. The number of rotatable bonds is 2. The molecule has 0 aromatic heterocycles. The normalized spacial score (nSPS) is 22.0. The zero-order valence-electron chi connectivity index (χ0n) is 9.16. The van der Waals surface area contributed by atoms with E-state index < -0.39 is 0 Å². The van der Waals surface area contributed by atoms with Gasteiger partial charge in [-0.25, -0.2) is 0 Å². The summed E-state index contributed by atoms with van der Waals surface area (Å²) in [5.74, 6) is -0.00271. The third kappa shape index (κ3) is 3.87. The van der Waals surface area contributed by atoms with Crippen LogP contribution in [0.1, 0.15) is 26.2 Å². The maximum absolute atomic E-state index is 11.2. The number of carbonyl (C=O) groups is 2. The molecule has 1 atom stereocenters. The van der Waals surface area contributed by atoms with Crippen LogP contribution in [0, 0.1) is 0 Å². The molecule has 0 aromatic carbocycles. The van der Waals surface area contributed by atoms with E-state index in [0.29, 0.717) is 0 Å². The first-order chi connectivity index (χ1) is 7.13. The number of nitrogens with one attached hydrogen (secondary N) is 1. The molecule has 1 aliphatic rings. The number of nitrogens with zero attached hydrogens (tertiary/aromatic N) is 1. The van der Waals surface area contributed by atoms with Gasteiger partial charge in [0.1, 0.15) is 0 Å². The van der Waals surface area contributed by atoms with Crippen molar-refractivity contribution in [2.24, 2.45) is 5.73 Å². The maximum atomic E-state index is 11.2. The maximum Gasteiger partial charge on any atom is 0.233 e. The fourth-order valence-corrected chi connectivity index (χ4v) is 1.84. The summed E-state index contributed by atoms with van der Waals surface area (Å²) in [5.41, 5.74) is 5.23. The standard InChI is InChI=1S/C10H19N3O2/c1-8(14)13-5-2-3-9(4-6-13)12-10(15)7-11/h9H,2-7,11H2,1H3,(H,12,15). The van der Waals surface area contributed by atoms with Gasteiger partial charge in [0, 0.05) is 26.1 Å². The summed E-state index contributed by atoms with van der Waals surface area (Å²) in [7, 11) is 0. The SMILES string of the molecule is CC(=O)N1CCCC(NC(=O)CN)CC1. The minimum absolute atomic E-state index is 0.0346. The van der Waals surface area contributed by atoms with Gasteiger partial charge >= 0.3 is 0 Å². The molecule has 1 unspecified atom stereocenters. The van der Waals surface area contributed by atoms with E-state index in [1.165, 1.54) is 0 Å². The summed E-state index contributed by atoms with van der Waals surface area (Å²) >= 11 is 0. The number of amides is 2. The molecule has 3 N–H and O–H groups in total. The van der Waals surface area contributed by atoms with Crippen molar-refractivity contribution in [2.75, 3.05) is 19.6 Å². The zero-order valence-corrected chi connectivity index (χ0v) is 9.16. The monoisotopic (exact) mass is 213 g/mol. The number of likely N-dealkylation sites (tertiary alicyclic amines) is 1. The highest BCUT2D eigenvalue weighted by atomic mass is 16.2. The van der Waals surface area contributed by atoms with Gasteiger partial charge in [0.25, 0.3) is 0 Å². The van der Waals surface area contributed by atoms with Crippen molar-refractivity contribution in [3.8, 4) is 0 Å².